The fraction of sp³-hybridized carbons (Fsp3) is 0.333. The molecule has 23 heavy (non-hydrogen) atoms. The zero-order chi connectivity index (χ0) is 17.0. The first-order chi connectivity index (χ1) is 10.9. The van der Waals surface area contributed by atoms with Crippen LogP contribution in [0.1, 0.15) is 23.4 Å². The van der Waals surface area contributed by atoms with Gasteiger partial charge < -0.3 is 9.47 Å². The lowest BCUT2D eigenvalue weighted by Crippen LogP contribution is -2.15. The molecule has 2 rings (SSSR count). The second-order valence-corrected chi connectivity index (χ2v) is 7.18. The van der Waals surface area contributed by atoms with E-state index in [4.69, 9.17) is 9.47 Å². The Hall–Kier alpha value is -2.22. The lowest BCUT2D eigenvalue weighted by atomic mass is 10.1. The number of nitrogens with zero attached hydrogens (tertiary/aromatic N) is 2. The highest BCUT2D eigenvalue weighted by molar-refractivity contribution is 7.90. The molecule has 0 bridgehead atoms. The average Bonchev–Trinajstić information content (AvgIpc) is 2.53. The van der Waals surface area contributed by atoms with Crippen LogP contribution in [-0.4, -0.2) is 32.6 Å². The van der Waals surface area contributed by atoms with Crippen LogP contribution in [-0.2, 0) is 15.6 Å². The van der Waals surface area contributed by atoms with E-state index in [0.717, 1.165) is 0 Å². The van der Waals surface area contributed by atoms with E-state index in [1.807, 2.05) is 0 Å². The van der Waals surface area contributed by atoms with Crippen LogP contribution >= 0.6 is 0 Å². The monoisotopic (exact) mass is 340 g/mol. The molecule has 1 aromatic carbocycles. The van der Waals surface area contributed by atoms with Crippen molar-refractivity contribution in [3.63, 3.8) is 0 Å². The van der Waals surface area contributed by atoms with E-state index in [0.29, 0.717) is 0 Å². The molecule has 1 aromatic heterocycles. The van der Waals surface area contributed by atoms with Crippen molar-refractivity contribution in [2.24, 2.45) is 0 Å². The van der Waals surface area contributed by atoms with Crippen LogP contribution in [0, 0.1) is 5.82 Å². The van der Waals surface area contributed by atoms with Gasteiger partial charge in [-0.05, 0) is 13.0 Å². The fourth-order valence-corrected chi connectivity index (χ4v) is 3.44. The van der Waals surface area contributed by atoms with Crippen LogP contribution in [0.2, 0.25) is 0 Å². The van der Waals surface area contributed by atoms with E-state index in [1.54, 1.807) is 6.07 Å². The minimum atomic E-state index is -3.68. The van der Waals surface area contributed by atoms with Gasteiger partial charge in [0, 0.05) is 11.6 Å². The molecule has 2 aromatic rings. The SMILES string of the molecule is COc1cc(CS(=O)(=O)C(C)c2ccccc2F)nc(OC)n1. The Bertz CT molecular complexity index is 774. The molecule has 0 saturated heterocycles. The van der Waals surface area contributed by atoms with Crippen LogP contribution in [0.25, 0.3) is 0 Å². The third kappa shape index (κ3) is 3.95. The summed E-state index contributed by atoms with van der Waals surface area (Å²) >= 11 is 0. The summed E-state index contributed by atoms with van der Waals surface area (Å²) in [6.45, 7) is 1.45. The molecule has 8 heteroatoms. The number of halogens is 1. The lowest BCUT2D eigenvalue weighted by Gasteiger charge is -2.14. The molecule has 0 aliphatic rings. The van der Waals surface area contributed by atoms with Gasteiger partial charge in [0.15, 0.2) is 9.84 Å². The summed E-state index contributed by atoms with van der Waals surface area (Å²) in [7, 11) is -0.905. The Kier molecular flexibility index (Phi) is 5.15. The molecule has 0 aliphatic carbocycles. The number of benzene rings is 1. The van der Waals surface area contributed by atoms with Gasteiger partial charge in [0.1, 0.15) is 5.82 Å². The summed E-state index contributed by atoms with van der Waals surface area (Å²) in [6, 6.07) is 7.22. The van der Waals surface area contributed by atoms with E-state index >= 15 is 0 Å². The molecule has 0 saturated carbocycles. The second kappa shape index (κ2) is 6.91. The molecule has 0 fully saturated rings. The van der Waals surface area contributed by atoms with Crippen LogP contribution in [0.3, 0.4) is 0 Å². The van der Waals surface area contributed by atoms with E-state index in [-0.39, 0.29) is 28.9 Å². The number of aromatic nitrogens is 2. The highest BCUT2D eigenvalue weighted by Gasteiger charge is 2.26. The van der Waals surface area contributed by atoms with E-state index in [1.165, 1.54) is 45.4 Å². The molecule has 1 heterocycles. The number of hydrogen-bond acceptors (Lipinski definition) is 6. The largest absolute Gasteiger partial charge is 0.481 e. The molecule has 1 atom stereocenters. The Morgan fingerprint density at radius 1 is 1.17 bits per heavy atom. The highest BCUT2D eigenvalue weighted by Crippen LogP contribution is 2.27. The molecule has 0 spiro atoms. The minimum Gasteiger partial charge on any atom is -0.481 e. The first kappa shape index (κ1) is 17.1. The summed E-state index contributed by atoms with van der Waals surface area (Å²) in [5, 5.41) is -1.00. The zero-order valence-electron chi connectivity index (χ0n) is 13.0. The standard InChI is InChI=1S/C15H17FN2O4S/c1-10(12-6-4-5-7-13(12)16)23(19,20)9-11-8-14(21-2)18-15(17-11)22-3/h4-8,10H,9H2,1-3H3. The summed E-state index contributed by atoms with van der Waals surface area (Å²) in [6.07, 6.45) is 0. The molecule has 0 radical (unpaired) electrons. The molecule has 6 nitrogen and oxygen atoms in total. The first-order valence-corrected chi connectivity index (χ1v) is 8.51. The van der Waals surface area contributed by atoms with Crippen molar-refractivity contribution < 1.29 is 22.3 Å². The summed E-state index contributed by atoms with van der Waals surface area (Å²) < 4.78 is 48.8. The van der Waals surface area contributed by atoms with E-state index < -0.39 is 20.9 Å². The quantitative estimate of drug-likeness (QED) is 0.803. The van der Waals surface area contributed by atoms with Gasteiger partial charge in [-0.3, -0.25) is 0 Å². The predicted molar refractivity (Wildman–Crippen MR) is 82.6 cm³/mol. The van der Waals surface area contributed by atoms with Gasteiger partial charge in [-0.1, -0.05) is 18.2 Å². The first-order valence-electron chi connectivity index (χ1n) is 6.79. The fourth-order valence-electron chi connectivity index (χ4n) is 2.05. The van der Waals surface area contributed by atoms with Crippen molar-refractivity contribution in [1.82, 2.24) is 9.97 Å². The van der Waals surface area contributed by atoms with Crippen LogP contribution in [0.15, 0.2) is 30.3 Å². The number of hydrogen-bond donors (Lipinski definition) is 0. The van der Waals surface area contributed by atoms with Gasteiger partial charge in [0.25, 0.3) is 0 Å². The Balaban J connectivity index is 2.33. The maximum Gasteiger partial charge on any atom is 0.319 e. The zero-order valence-corrected chi connectivity index (χ0v) is 13.8. The number of ether oxygens (including phenoxy) is 2. The van der Waals surface area contributed by atoms with Crippen molar-refractivity contribution in [3.8, 4) is 11.9 Å². The normalized spacial score (nSPS) is 12.7. The number of rotatable bonds is 6. The molecule has 0 amide bonds. The number of sulfone groups is 1. The highest BCUT2D eigenvalue weighted by atomic mass is 32.2. The van der Waals surface area contributed by atoms with Crippen molar-refractivity contribution in [3.05, 3.63) is 47.4 Å². The smallest absolute Gasteiger partial charge is 0.319 e. The van der Waals surface area contributed by atoms with Crippen LogP contribution in [0.4, 0.5) is 4.39 Å². The van der Waals surface area contributed by atoms with Crippen LogP contribution in [0.5, 0.6) is 11.9 Å². The van der Waals surface area contributed by atoms with Gasteiger partial charge in [0.05, 0.1) is 30.9 Å². The second-order valence-electron chi connectivity index (χ2n) is 4.86. The van der Waals surface area contributed by atoms with Gasteiger partial charge in [-0.25, -0.2) is 12.8 Å². The maximum absolute atomic E-state index is 13.8. The van der Waals surface area contributed by atoms with Crippen molar-refractivity contribution in [2.45, 2.75) is 17.9 Å². The van der Waals surface area contributed by atoms with E-state index in [2.05, 4.69) is 9.97 Å². The van der Waals surface area contributed by atoms with Gasteiger partial charge >= 0.3 is 6.01 Å². The summed E-state index contributed by atoms with van der Waals surface area (Å²) in [5.41, 5.74) is 0.345. The van der Waals surface area contributed by atoms with Gasteiger partial charge in [-0.15, -0.1) is 0 Å². The molecule has 0 aliphatic heterocycles. The third-order valence-electron chi connectivity index (χ3n) is 3.36. The molecular formula is C15H17FN2O4S. The third-order valence-corrected chi connectivity index (χ3v) is 5.39. The average molecular weight is 340 g/mol. The molecular weight excluding hydrogens is 323 g/mol. The van der Waals surface area contributed by atoms with Crippen LogP contribution < -0.4 is 9.47 Å². The van der Waals surface area contributed by atoms with Gasteiger partial charge in [-0.2, -0.15) is 9.97 Å². The Morgan fingerprint density at radius 2 is 1.87 bits per heavy atom. The van der Waals surface area contributed by atoms with E-state index in [9.17, 15) is 12.8 Å². The molecule has 1 unspecified atom stereocenters. The lowest BCUT2D eigenvalue weighted by molar-refractivity contribution is 0.350. The van der Waals surface area contributed by atoms with Crippen molar-refractivity contribution in [1.29, 1.82) is 0 Å². The van der Waals surface area contributed by atoms with Crippen molar-refractivity contribution >= 4 is 9.84 Å². The maximum atomic E-state index is 13.8. The van der Waals surface area contributed by atoms with Gasteiger partial charge in [0.2, 0.25) is 5.88 Å². The summed E-state index contributed by atoms with van der Waals surface area (Å²) in [5.74, 6) is -0.736. The molecule has 0 N–H and O–H groups in total. The Labute approximate surface area is 134 Å². The predicted octanol–water partition coefficient (Wildman–Crippen LogP) is 2.31. The summed E-state index contributed by atoms with van der Waals surface area (Å²) in [4.78, 5) is 7.90. The Morgan fingerprint density at radius 3 is 2.48 bits per heavy atom. The van der Waals surface area contributed by atoms with Crippen molar-refractivity contribution in [2.75, 3.05) is 14.2 Å². The minimum absolute atomic E-state index is 0.00750. The molecule has 124 valence electrons. The topological polar surface area (TPSA) is 78.4 Å². The number of methoxy groups -OCH3 is 2.